The second-order valence-corrected chi connectivity index (χ2v) is 6.08. The van der Waals surface area contributed by atoms with E-state index in [0.717, 1.165) is 10.2 Å². The molecule has 0 saturated heterocycles. The molecule has 0 aliphatic heterocycles. The smallest absolute Gasteiger partial charge is 0.269 e. The third kappa shape index (κ3) is 3.47. The summed E-state index contributed by atoms with van der Waals surface area (Å²) in [6, 6.07) is 13.4. The number of benzene rings is 2. The van der Waals surface area contributed by atoms with Crippen molar-refractivity contribution in [2.24, 2.45) is 0 Å². The number of nitro benzene ring substituents is 1. The molecule has 24 heavy (non-hydrogen) atoms. The predicted octanol–water partition coefficient (Wildman–Crippen LogP) is 2.89. The highest BCUT2D eigenvalue weighted by Crippen LogP contribution is 2.30. The van der Waals surface area contributed by atoms with Crippen LogP contribution in [0.3, 0.4) is 0 Å². The van der Waals surface area contributed by atoms with Gasteiger partial charge in [-0.25, -0.2) is 4.98 Å². The zero-order chi connectivity index (χ0) is 17.1. The molecule has 7 heteroatoms. The Morgan fingerprint density at radius 1 is 1.17 bits per heavy atom. The summed E-state index contributed by atoms with van der Waals surface area (Å²) >= 11 is 1.40. The van der Waals surface area contributed by atoms with Gasteiger partial charge < -0.3 is 9.90 Å². The van der Waals surface area contributed by atoms with Crippen LogP contribution in [0, 0.1) is 10.1 Å². The van der Waals surface area contributed by atoms with Crippen LogP contribution < -0.4 is 5.11 Å². The molecule has 0 radical (unpaired) electrons. The van der Waals surface area contributed by atoms with E-state index >= 15 is 0 Å². The first-order valence-corrected chi connectivity index (χ1v) is 7.85. The highest BCUT2D eigenvalue weighted by molar-refractivity contribution is 7.19. The number of carboxylic acids is 1. The van der Waals surface area contributed by atoms with Gasteiger partial charge in [-0.15, -0.1) is 11.3 Å². The highest BCUT2D eigenvalue weighted by atomic mass is 32.1. The summed E-state index contributed by atoms with van der Waals surface area (Å²) in [5, 5.41) is 22.4. The topological polar surface area (TPSA) is 96.2 Å². The molecule has 0 aliphatic carbocycles. The maximum absolute atomic E-state index is 11.1. The average molecular weight is 339 g/mol. The van der Waals surface area contributed by atoms with Crippen LogP contribution in [0.2, 0.25) is 0 Å². The molecule has 0 fully saturated rings. The van der Waals surface area contributed by atoms with E-state index in [9.17, 15) is 20.0 Å². The number of carbonyl (C=O) groups excluding carboxylic acids is 1. The monoisotopic (exact) mass is 339 g/mol. The van der Waals surface area contributed by atoms with Crippen molar-refractivity contribution in [1.82, 2.24) is 4.98 Å². The van der Waals surface area contributed by atoms with Gasteiger partial charge in [-0.1, -0.05) is 12.1 Å². The molecule has 0 amide bonds. The van der Waals surface area contributed by atoms with Crippen LogP contribution in [0.1, 0.15) is 17.0 Å². The van der Waals surface area contributed by atoms with E-state index in [0.29, 0.717) is 16.1 Å². The van der Waals surface area contributed by atoms with E-state index in [1.807, 2.05) is 24.3 Å². The number of carboxylic acid groups (broad SMARTS) is 1. The number of para-hydroxylation sites is 1. The Hall–Kier alpha value is -3.06. The quantitative estimate of drug-likeness (QED) is 0.526. The van der Waals surface area contributed by atoms with Gasteiger partial charge in [0.05, 0.1) is 15.1 Å². The van der Waals surface area contributed by atoms with Crippen molar-refractivity contribution < 1.29 is 14.8 Å². The van der Waals surface area contributed by atoms with Gasteiger partial charge in [0.2, 0.25) is 0 Å². The van der Waals surface area contributed by atoms with Crippen LogP contribution in [0.4, 0.5) is 5.69 Å². The number of rotatable bonds is 5. The second-order valence-electron chi connectivity index (χ2n) is 5.05. The Morgan fingerprint density at radius 2 is 1.88 bits per heavy atom. The van der Waals surface area contributed by atoms with E-state index in [1.54, 1.807) is 18.2 Å². The number of carbonyl (C=O) groups is 1. The number of non-ortho nitro benzene ring substituents is 1. The van der Waals surface area contributed by atoms with Gasteiger partial charge in [0.25, 0.3) is 5.69 Å². The van der Waals surface area contributed by atoms with Crippen LogP contribution in [0.5, 0.6) is 0 Å². The fraction of sp³-hybridized carbons (Fsp3) is 0.0588. The summed E-state index contributed by atoms with van der Waals surface area (Å²) in [6.07, 6.45) is 1.38. The number of thiazole rings is 1. The number of aliphatic carboxylic acids is 1. The van der Waals surface area contributed by atoms with Crippen LogP contribution in [-0.2, 0) is 4.79 Å². The molecule has 3 aromatic rings. The van der Waals surface area contributed by atoms with Crippen molar-refractivity contribution in [3.05, 3.63) is 69.2 Å². The number of fused-ring (bicyclic) bond motifs is 1. The summed E-state index contributed by atoms with van der Waals surface area (Å²) in [7, 11) is 0. The van der Waals surface area contributed by atoms with Crippen molar-refractivity contribution >= 4 is 44.9 Å². The number of aromatic nitrogens is 1. The van der Waals surface area contributed by atoms with Crippen molar-refractivity contribution in [2.75, 3.05) is 0 Å². The fourth-order valence-electron chi connectivity index (χ4n) is 2.25. The fourth-order valence-corrected chi connectivity index (χ4v) is 3.23. The highest BCUT2D eigenvalue weighted by Gasteiger charge is 2.10. The third-order valence-electron chi connectivity index (χ3n) is 3.35. The lowest BCUT2D eigenvalue weighted by atomic mass is 10.1. The zero-order valence-corrected chi connectivity index (χ0v) is 13.2. The molecule has 0 spiro atoms. The number of nitro groups is 1. The minimum absolute atomic E-state index is 0.0198. The summed E-state index contributed by atoms with van der Waals surface area (Å²) in [4.78, 5) is 25.7. The zero-order valence-electron chi connectivity index (χ0n) is 12.3. The Bertz CT molecular complexity index is 912. The van der Waals surface area contributed by atoms with E-state index in [-0.39, 0.29) is 12.1 Å². The lowest BCUT2D eigenvalue weighted by Gasteiger charge is -2.05. The van der Waals surface area contributed by atoms with Gasteiger partial charge in [-0.05, 0) is 41.5 Å². The van der Waals surface area contributed by atoms with Gasteiger partial charge >= 0.3 is 0 Å². The molecule has 0 atom stereocenters. The molecule has 0 saturated carbocycles. The summed E-state index contributed by atoms with van der Waals surface area (Å²) < 4.78 is 0.959. The molecule has 0 N–H and O–H groups in total. The van der Waals surface area contributed by atoms with Crippen LogP contribution in [0.25, 0.3) is 21.9 Å². The molecular formula is C17H11N2O4S-. The van der Waals surface area contributed by atoms with Gasteiger partial charge in [-0.2, -0.15) is 0 Å². The van der Waals surface area contributed by atoms with E-state index in [1.165, 1.54) is 23.5 Å². The molecule has 0 bridgehead atoms. The Kier molecular flexibility index (Phi) is 4.35. The molecular weight excluding hydrogens is 328 g/mol. The summed E-state index contributed by atoms with van der Waals surface area (Å²) in [6.45, 7) is 0. The maximum atomic E-state index is 11.1. The molecule has 6 nitrogen and oxygen atoms in total. The number of nitrogens with zero attached hydrogens (tertiary/aromatic N) is 2. The van der Waals surface area contributed by atoms with Crippen molar-refractivity contribution in [3.63, 3.8) is 0 Å². The van der Waals surface area contributed by atoms with Crippen LogP contribution >= 0.6 is 11.3 Å². The lowest BCUT2D eigenvalue weighted by molar-refractivity contribution is -0.384. The Labute approximate surface area is 140 Å². The van der Waals surface area contributed by atoms with E-state index < -0.39 is 10.9 Å². The van der Waals surface area contributed by atoms with Gasteiger partial charge in [0.1, 0.15) is 5.01 Å². The average Bonchev–Trinajstić information content (AvgIpc) is 2.98. The van der Waals surface area contributed by atoms with E-state index in [4.69, 9.17) is 0 Å². The lowest BCUT2D eigenvalue weighted by Crippen LogP contribution is -2.22. The maximum Gasteiger partial charge on any atom is 0.269 e. The second kappa shape index (κ2) is 6.59. The largest absolute Gasteiger partial charge is 0.550 e. The molecule has 1 heterocycles. The van der Waals surface area contributed by atoms with Gasteiger partial charge in [-0.3, -0.25) is 10.1 Å². The van der Waals surface area contributed by atoms with E-state index in [2.05, 4.69) is 4.98 Å². The normalized spacial score (nSPS) is 11.6. The summed E-state index contributed by atoms with van der Waals surface area (Å²) in [5.41, 5.74) is 1.94. The minimum atomic E-state index is -1.21. The molecule has 2 aromatic carbocycles. The first kappa shape index (κ1) is 15.8. The van der Waals surface area contributed by atoms with Crippen molar-refractivity contribution in [3.8, 4) is 0 Å². The van der Waals surface area contributed by atoms with Crippen LogP contribution in [0.15, 0.2) is 48.5 Å². The minimum Gasteiger partial charge on any atom is -0.550 e. The first-order chi connectivity index (χ1) is 11.5. The standard InChI is InChI=1S/C17H12N2O4S/c20-16(21)10-12(9-11-5-7-13(8-6-11)19(22)23)17-18-14-3-1-2-4-15(14)24-17/h1-9H,10H2,(H,20,21)/p-1. The third-order valence-corrected chi connectivity index (χ3v) is 4.46. The van der Waals surface area contributed by atoms with Crippen molar-refractivity contribution in [1.29, 1.82) is 0 Å². The van der Waals surface area contributed by atoms with Gasteiger partial charge in [0.15, 0.2) is 0 Å². The molecule has 3 rings (SSSR count). The van der Waals surface area contributed by atoms with Crippen molar-refractivity contribution in [2.45, 2.75) is 6.42 Å². The Balaban J connectivity index is 2.01. The van der Waals surface area contributed by atoms with Crippen LogP contribution in [-0.4, -0.2) is 15.9 Å². The molecule has 0 unspecified atom stereocenters. The SMILES string of the molecule is O=C([O-])CC(=Cc1ccc([N+](=O)[O-])cc1)c1nc2ccccc2s1. The Morgan fingerprint density at radius 3 is 2.50 bits per heavy atom. The molecule has 0 aliphatic rings. The number of hydrogen-bond donors (Lipinski definition) is 0. The first-order valence-electron chi connectivity index (χ1n) is 7.04. The summed E-state index contributed by atoms with van der Waals surface area (Å²) in [5.74, 6) is -1.21. The number of hydrogen-bond acceptors (Lipinski definition) is 6. The molecule has 120 valence electrons. The van der Waals surface area contributed by atoms with Gasteiger partial charge in [0, 0.05) is 24.5 Å². The molecule has 1 aromatic heterocycles. The predicted molar refractivity (Wildman–Crippen MR) is 90.2 cm³/mol.